The van der Waals surface area contributed by atoms with Gasteiger partial charge < -0.3 is 26.4 Å². The van der Waals surface area contributed by atoms with Gasteiger partial charge in [-0.2, -0.15) is 0 Å². The highest BCUT2D eigenvalue weighted by Gasteiger charge is 2.17. The molecule has 2 aromatic rings. The third-order valence-corrected chi connectivity index (χ3v) is 3.89. The van der Waals surface area contributed by atoms with E-state index in [0.29, 0.717) is 18.7 Å². The van der Waals surface area contributed by atoms with Crippen LogP contribution in [-0.4, -0.2) is 29.3 Å². The molecule has 0 spiro atoms. The molecule has 4 amide bonds. The lowest BCUT2D eigenvalue weighted by molar-refractivity contribution is 0.243. The number of phenols is 1. The number of aromatic hydroxyl groups is 1. The molecule has 2 rings (SSSR count). The molecule has 0 aliphatic heterocycles. The van der Waals surface area contributed by atoms with Crippen molar-refractivity contribution < 1.29 is 14.7 Å². The smallest absolute Gasteiger partial charge is 0.319 e. The van der Waals surface area contributed by atoms with Crippen LogP contribution >= 0.6 is 11.6 Å². The molecule has 2 aromatic carbocycles. The summed E-state index contributed by atoms with van der Waals surface area (Å²) in [6.45, 7) is 5.95. The first-order chi connectivity index (χ1) is 13.1. The Bertz CT molecular complexity index is 835. The van der Waals surface area contributed by atoms with Crippen LogP contribution in [0.5, 0.6) is 5.75 Å². The van der Waals surface area contributed by atoms with E-state index in [0.717, 1.165) is 5.56 Å². The van der Waals surface area contributed by atoms with Crippen molar-refractivity contribution in [2.24, 2.45) is 0 Å². The number of amides is 4. The van der Waals surface area contributed by atoms with Gasteiger partial charge in [-0.05, 0) is 44.9 Å². The molecule has 5 N–H and O–H groups in total. The van der Waals surface area contributed by atoms with Gasteiger partial charge in [0.15, 0.2) is 5.75 Å². The minimum Gasteiger partial charge on any atom is -0.504 e. The summed E-state index contributed by atoms with van der Waals surface area (Å²) in [5, 5.41) is 20.7. The van der Waals surface area contributed by atoms with Crippen LogP contribution < -0.4 is 21.3 Å². The quantitative estimate of drug-likeness (QED) is 0.378. The van der Waals surface area contributed by atoms with Crippen LogP contribution in [0.4, 0.5) is 21.0 Å². The first-order valence-corrected chi connectivity index (χ1v) is 9.22. The first kappa shape index (κ1) is 21.4. The van der Waals surface area contributed by atoms with Crippen molar-refractivity contribution in [1.82, 2.24) is 10.6 Å². The van der Waals surface area contributed by atoms with Crippen molar-refractivity contribution >= 4 is 35.0 Å². The Balaban J connectivity index is 1.96. The second-order valence-electron chi connectivity index (χ2n) is 7.30. The third-order valence-electron chi connectivity index (χ3n) is 3.60. The Morgan fingerprint density at radius 3 is 2.36 bits per heavy atom. The van der Waals surface area contributed by atoms with Crippen LogP contribution in [0.2, 0.25) is 5.02 Å². The molecule has 0 bridgehead atoms. The fourth-order valence-electron chi connectivity index (χ4n) is 2.40. The summed E-state index contributed by atoms with van der Waals surface area (Å²) in [5.41, 5.74) is 1.10. The molecule has 0 aromatic heterocycles. The number of phenolic OH excluding ortho intramolecular Hbond substituents is 1. The standard InChI is InChI=1S/C20H25ClN4O3/c1-20(2,3)25-19(28)24-16-12-14(11-15(21)17(16)26)23-18(27)22-10-9-13-7-5-4-6-8-13/h4-8,11-12,26H,9-10H2,1-3H3,(H2,22,23,27)(H2,24,25,28). The maximum absolute atomic E-state index is 12.1. The average Bonchev–Trinajstić information content (AvgIpc) is 2.58. The Labute approximate surface area is 169 Å². The summed E-state index contributed by atoms with van der Waals surface area (Å²) < 4.78 is 0. The van der Waals surface area contributed by atoms with Gasteiger partial charge in [0.25, 0.3) is 0 Å². The lowest BCUT2D eigenvalue weighted by Crippen LogP contribution is -2.43. The molecule has 0 aliphatic rings. The minimum absolute atomic E-state index is 0.00754. The molecule has 0 atom stereocenters. The number of hydrogen-bond donors (Lipinski definition) is 5. The van der Waals surface area contributed by atoms with Gasteiger partial charge in [-0.3, -0.25) is 0 Å². The van der Waals surface area contributed by atoms with Crippen molar-refractivity contribution in [3.8, 4) is 5.75 Å². The van der Waals surface area contributed by atoms with Gasteiger partial charge in [-0.25, -0.2) is 9.59 Å². The monoisotopic (exact) mass is 404 g/mol. The topological polar surface area (TPSA) is 102 Å². The van der Waals surface area contributed by atoms with Gasteiger partial charge in [0.1, 0.15) is 0 Å². The summed E-state index contributed by atoms with van der Waals surface area (Å²) in [7, 11) is 0. The van der Waals surface area contributed by atoms with Gasteiger partial charge in [0, 0.05) is 17.8 Å². The molecule has 0 saturated heterocycles. The van der Waals surface area contributed by atoms with Crippen LogP contribution in [-0.2, 0) is 6.42 Å². The fourth-order valence-corrected chi connectivity index (χ4v) is 2.62. The lowest BCUT2D eigenvalue weighted by Gasteiger charge is -2.21. The molecule has 150 valence electrons. The second kappa shape index (κ2) is 9.32. The average molecular weight is 405 g/mol. The van der Waals surface area contributed by atoms with Gasteiger partial charge in [0.05, 0.1) is 10.7 Å². The predicted octanol–water partition coefficient (Wildman–Crippen LogP) is 4.33. The lowest BCUT2D eigenvalue weighted by atomic mass is 10.1. The summed E-state index contributed by atoms with van der Waals surface area (Å²) in [6, 6.07) is 11.7. The summed E-state index contributed by atoms with van der Waals surface area (Å²) in [5.74, 6) is -0.277. The largest absolute Gasteiger partial charge is 0.504 e. The molecule has 0 fully saturated rings. The molecule has 0 radical (unpaired) electrons. The van der Waals surface area contributed by atoms with E-state index in [4.69, 9.17) is 11.6 Å². The van der Waals surface area contributed by atoms with Crippen LogP contribution in [0, 0.1) is 0 Å². The van der Waals surface area contributed by atoms with Gasteiger partial charge >= 0.3 is 12.1 Å². The van der Waals surface area contributed by atoms with Crippen molar-refractivity contribution in [3.05, 3.63) is 53.1 Å². The number of benzene rings is 2. The van der Waals surface area contributed by atoms with Crippen LogP contribution in [0.1, 0.15) is 26.3 Å². The molecule has 28 heavy (non-hydrogen) atoms. The minimum atomic E-state index is -0.497. The van der Waals surface area contributed by atoms with E-state index < -0.39 is 17.6 Å². The number of urea groups is 2. The van der Waals surface area contributed by atoms with E-state index in [2.05, 4.69) is 21.3 Å². The number of hydrogen-bond acceptors (Lipinski definition) is 3. The summed E-state index contributed by atoms with van der Waals surface area (Å²) in [4.78, 5) is 24.1. The second-order valence-corrected chi connectivity index (χ2v) is 7.71. The van der Waals surface area contributed by atoms with Crippen molar-refractivity contribution in [3.63, 3.8) is 0 Å². The molecular weight excluding hydrogens is 380 g/mol. The molecule has 7 nitrogen and oxygen atoms in total. The Morgan fingerprint density at radius 2 is 1.71 bits per heavy atom. The first-order valence-electron chi connectivity index (χ1n) is 8.84. The van der Waals surface area contributed by atoms with E-state index in [9.17, 15) is 14.7 Å². The van der Waals surface area contributed by atoms with E-state index in [1.54, 1.807) is 0 Å². The van der Waals surface area contributed by atoms with E-state index in [1.165, 1.54) is 12.1 Å². The number of rotatable bonds is 5. The zero-order valence-corrected chi connectivity index (χ0v) is 16.9. The van der Waals surface area contributed by atoms with E-state index in [-0.39, 0.29) is 16.5 Å². The molecular formula is C20H25ClN4O3. The Kier molecular flexibility index (Phi) is 7.12. The molecule has 8 heteroatoms. The van der Waals surface area contributed by atoms with Crippen LogP contribution in [0.15, 0.2) is 42.5 Å². The molecule has 0 aliphatic carbocycles. The maximum atomic E-state index is 12.1. The van der Waals surface area contributed by atoms with Crippen LogP contribution in [0.3, 0.4) is 0 Å². The maximum Gasteiger partial charge on any atom is 0.319 e. The molecule has 0 unspecified atom stereocenters. The highest BCUT2D eigenvalue weighted by Crippen LogP contribution is 2.35. The zero-order chi connectivity index (χ0) is 20.7. The van der Waals surface area contributed by atoms with Gasteiger partial charge in [-0.15, -0.1) is 0 Å². The summed E-state index contributed by atoms with van der Waals surface area (Å²) >= 11 is 6.01. The predicted molar refractivity (Wildman–Crippen MR) is 112 cm³/mol. The van der Waals surface area contributed by atoms with Crippen LogP contribution in [0.25, 0.3) is 0 Å². The number of anilines is 2. The molecule has 0 heterocycles. The van der Waals surface area contributed by atoms with Crippen molar-refractivity contribution in [2.75, 3.05) is 17.2 Å². The third kappa shape index (κ3) is 7.00. The van der Waals surface area contributed by atoms with Crippen molar-refractivity contribution in [1.29, 1.82) is 0 Å². The highest BCUT2D eigenvalue weighted by atomic mass is 35.5. The SMILES string of the molecule is CC(C)(C)NC(=O)Nc1cc(NC(=O)NCCc2ccccc2)cc(Cl)c1O. The number of halogens is 1. The van der Waals surface area contributed by atoms with Gasteiger partial charge in [-0.1, -0.05) is 41.9 Å². The summed E-state index contributed by atoms with van der Waals surface area (Å²) in [6.07, 6.45) is 0.699. The number of nitrogens with one attached hydrogen (secondary N) is 4. The normalized spacial score (nSPS) is 10.9. The Morgan fingerprint density at radius 1 is 1.04 bits per heavy atom. The Hall–Kier alpha value is -2.93. The van der Waals surface area contributed by atoms with Gasteiger partial charge in [0.2, 0.25) is 0 Å². The fraction of sp³-hybridized carbons (Fsp3) is 0.300. The number of carbonyl (C=O) groups excluding carboxylic acids is 2. The van der Waals surface area contributed by atoms with E-state index in [1.807, 2.05) is 51.1 Å². The molecule has 0 saturated carbocycles. The zero-order valence-electron chi connectivity index (χ0n) is 16.1. The van der Waals surface area contributed by atoms with E-state index >= 15 is 0 Å². The highest BCUT2D eigenvalue weighted by molar-refractivity contribution is 6.33. The van der Waals surface area contributed by atoms with Crippen molar-refractivity contribution in [2.45, 2.75) is 32.7 Å². The number of carbonyl (C=O) groups is 2.